The second kappa shape index (κ2) is 6.20. The number of benzene rings is 2. The molecule has 2 aromatic rings. The summed E-state index contributed by atoms with van der Waals surface area (Å²) in [7, 11) is 0. The zero-order valence-corrected chi connectivity index (χ0v) is 12.7. The zero-order chi connectivity index (χ0) is 13.8. The topological polar surface area (TPSA) is 12.0 Å². The molecule has 0 spiro atoms. The van der Waals surface area contributed by atoms with E-state index in [0.29, 0.717) is 16.9 Å². The Kier molecular flexibility index (Phi) is 4.59. The first-order valence-electron chi connectivity index (χ1n) is 6.34. The van der Waals surface area contributed by atoms with Gasteiger partial charge in [-0.2, -0.15) is 0 Å². The maximum absolute atomic E-state index is 13.4. The highest BCUT2D eigenvalue weighted by Gasteiger charge is 2.05. The Balaban J connectivity index is 2.10. The lowest BCUT2D eigenvalue weighted by atomic mass is 10.0. The Bertz CT molecular complexity index is 566. The van der Waals surface area contributed by atoms with E-state index in [1.165, 1.54) is 11.6 Å². The molecule has 19 heavy (non-hydrogen) atoms. The maximum Gasteiger partial charge on any atom is 0.137 e. The Hall–Kier alpha value is -1.35. The van der Waals surface area contributed by atoms with Gasteiger partial charge in [-0.15, -0.1) is 0 Å². The van der Waals surface area contributed by atoms with Gasteiger partial charge < -0.3 is 5.32 Å². The van der Waals surface area contributed by atoms with Gasteiger partial charge in [-0.25, -0.2) is 4.39 Å². The second-order valence-corrected chi connectivity index (χ2v) is 5.64. The Morgan fingerprint density at radius 3 is 2.63 bits per heavy atom. The Labute approximate surface area is 122 Å². The van der Waals surface area contributed by atoms with Crippen LogP contribution in [0.15, 0.2) is 46.9 Å². The van der Waals surface area contributed by atoms with E-state index in [1.54, 1.807) is 6.07 Å². The van der Waals surface area contributed by atoms with Crippen molar-refractivity contribution in [2.24, 2.45) is 0 Å². The summed E-state index contributed by atoms with van der Waals surface area (Å²) < 4.78 is 13.9. The van der Waals surface area contributed by atoms with Gasteiger partial charge in [0.2, 0.25) is 0 Å². The van der Waals surface area contributed by atoms with E-state index in [0.717, 1.165) is 11.3 Å². The second-order valence-electron chi connectivity index (χ2n) is 4.85. The van der Waals surface area contributed by atoms with E-state index in [-0.39, 0.29) is 5.82 Å². The van der Waals surface area contributed by atoms with Crippen molar-refractivity contribution in [3.8, 4) is 0 Å². The monoisotopic (exact) mass is 321 g/mol. The van der Waals surface area contributed by atoms with E-state index >= 15 is 0 Å². The van der Waals surface area contributed by atoms with Crippen LogP contribution in [0.3, 0.4) is 0 Å². The van der Waals surface area contributed by atoms with E-state index < -0.39 is 0 Å². The average molecular weight is 322 g/mol. The predicted molar refractivity (Wildman–Crippen MR) is 82.0 cm³/mol. The Morgan fingerprint density at radius 2 is 1.89 bits per heavy atom. The van der Waals surface area contributed by atoms with Gasteiger partial charge in [-0.1, -0.05) is 38.1 Å². The lowest BCUT2D eigenvalue weighted by Gasteiger charge is -2.11. The molecule has 0 heterocycles. The smallest absolute Gasteiger partial charge is 0.137 e. The quantitative estimate of drug-likeness (QED) is 0.803. The Morgan fingerprint density at radius 1 is 1.16 bits per heavy atom. The van der Waals surface area contributed by atoms with Gasteiger partial charge in [0, 0.05) is 12.2 Å². The molecule has 0 aliphatic carbocycles. The first-order valence-corrected chi connectivity index (χ1v) is 7.14. The van der Waals surface area contributed by atoms with Gasteiger partial charge >= 0.3 is 0 Å². The molecule has 0 atom stereocenters. The third-order valence-corrected chi connectivity index (χ3v) is 3.96. The summed E-state index contributed by atoms with van der Waals surface area (Å²) in [5, 5.41) is 3.33. The van der Waals surface area contributed by atoms with Crippen LogP contribution in [0.1, 0.15) is 30.9 Å². The molecule has 0 saturated carbocycles. The largest absolute Gasteiger partial charge is 0.381 e. The molecular formula is C16H17BrFN. The molecule has 0 aliphatic rings. The van der Waals surface area contributed by atoms with Crippen LogP contribution in [0.4, 0.5) is 10.1 Å². The van der Waals surface area contributed by atoms with Crippen LogP contribution < -0.4 is 5.32 Å². The highest BCUT2D eigenvalue weighted by molar-refractivity contribution is 9.10. The molecule has 0 aromatic heterocycles. The van der Waals surface area contributed by atoms with Crippen molar-refractivity contribution >= 4 is 21.6 Å². The lowest BCUT2D eigenvalue weighted by Crippen LogP contribution is -2.01. The summed E-state index contributed by atoms with van der Waals surface area (Å²) in [5.74, 6) is 0.276. The van der Waals surface area contributed by atoms with E-state index in [1.807, 2.05) is 18.2 Å². The summed E-state index contributed by atoms with van der Waals surface area (Å²) in [4.78, 5) is 0. The summed E-state index contributed by atoms with van der Waals surface area (Å²) in [5.41, 5.74) is 3.26. The third kappa shape index (κ3) is 3.57. The van der Waals surface area contributed by atoms with Crippen LogP contribution in [0.5, 0.6) is 0 Å². The molecule has 1 nitrogen and oxygen atoms in total. The normalized spacial score (nSPS) is 10.8. The molecule has 3 heteroatoms. The number of nitrogens with one attached hydrogen (secondary N) is 1. The zero-order valence-electron chi connectivity index (χ0n) is 11.1. The lowest BCUT2D eigenvalue weighted by molar-refractivity contribution is 0.618. The first-order chi connectivity index (χ1) is 9.08. The van der Waals surface area contributed by atoms with Gasteiger partial charge in [0.15, 0.2) is 0 Å². The van der Waals surface area contributed by atoms with E-state index in [2.05, 4.69) is 47.2 Å². The SMILES string of the molecule is CC(C)c1cccc(NCc2cccc(F)c2Br)c1. The van der Waals surface area contributed by atoms with E-state index in [4.69, 9.17) is 0 Å². The van der Waals surface area contributed by atoms with Crippen LogP contribution in [0.25, 0.3) is 0 Å². The van der Waals surface area contributed by atoms with Crippen molar-refractivity contribution in [3.63, 3.8) is 0 Å². The third-order valence-electron chi connectivity index (χ3n) is 3.07. The molecule has 100 valence electrons. The van der Waals surface area contributed by atoms with E-state index in [9.17, 15) is 4.39 Å². The summed E-state index contributed by atoms with van der Waals surface area (Å²) >= 11 is 3.28. The molecule has 0 fully saturated rings. The van der Waals surface area contributed by atoms with Gasteiger partial charge in [-0.05, 0) is 51.2 Å². The minimum Gasteiger partial charge on any atom is -0.381 e. The number of hydrogen-bond donors (Lipinski definition) is 1. The molecule has 1 N–H and O–H groups in total. The minimum atomic E-state index is -0.227. The highest BCUT2D eigenvalue weighted by atomic mass is 79.9. The van der Waals surface area contributed by atoms with Crippen molar-refractivity contribution < 1.29 is 4.39 Å². The highest BCUT2D eigenvalue weighted by Crippen LogP contribution is 2.23. The van der Waals surface area contributed by atoms with Crippen molar-refractivity contribution in [1.82, 2.24) is 0 Å². The van der Waals surface area contributed by atoms with Gasteiger partial charge in [-0.3, -0.25) is 0 Å². The molecule has 0 unspecified atom stereocenters. The predicted octanol–water partition coefficient (Wildman–Crippen LogP) is 5.32. The van der Waals surface area contributed by atoms with Crippen molar-refractivity contribution in [1.29, 1.82) is 0 Å². The van der Waals surface area contributed by atoms with Crippen molar-refractivity contribution in [3.05, 3.63) is 63.9 Å². The average Bonchev–Trinajstić information content (AvgIpc) is 2.41. The van der Waals surface area contributed by atoms with Crippen LogP contribution >= 0.6 is 15.9 Å². The van der Waals surface area contributed by atoms with Crippen molar-refractivity contribution in [2.45, 2.75) is 26.3 Å². The molecule has 0 saturated heterocycles. The molecule has 0 amide bonds. The van der Waals surface area contributed by atoms with Gasteiger partial charge in [0.1, 0.15) is 5.82 Å². The summed E-state index contributed by atoms with van der Waals surface area (Å²) in [6.45, 7) is 4.93. The minimum absolute atomic E-state index is 0.227. The summed E-state index contributed by atoms with van der Waals surface area (Å²) in [6, 6.07) is 13.4. The first kappa shape index (κ1) is 14.1. The van der Waals surface area contributed by atoms with Crippen LogP contribution in [0.2, 0.25) is 0 Å². The fourth-order valence-electron chi connectivity index (χ4n) is 1.89. The van der Waals surface area contributed by atoms with Crippen molar-refractivity contribution in [2.75, 3.05) is 5.32 Å². The van der Waals surface area contributed by atoms with Crippen LogP contribution in [-0.4, -0.2) is 0 Å². The molecule has 2 rings (SSSR count). The molecule has 0 bridgehead atoms. The summed E-state index contributed by atoms with van der Waals surface area (Å²) in [6.07, 6.45) is 0. The number of rotatable bonds is 4. The van der Waals surface area contributed by atoms with Crippen LogP contribution in [0, 0.1) is 5.82 Å². The maximum atomic E-state index is 13.4. The molecule has 2 aromatic carbocycles. The number of hydrogen-bond acceptors (Lipinski definition) is 1. The van der Waals surface area contributed by atoms with Crippen LogP contribution in [-0.2, 0) is 6.54 Å². The number of halogens is 2. The fourth-order valence-corrected chi connectivity index (χ4v) is 2.29. The van der Waals surface area contributed by atoms with Gasteiger partial charge in [0.25, 0.3) is 0 Å². The van der Waals surface area contributed by atoms with Gasteiger partial charge in [0.05, 0.1) is 4.47 Å². The molecular weight excluding hydrogens is 305 g/mol. The molecule has 0 aliphatic heterocycles. The fraction of sp³-hybridized carbons (Fsp3) is 0.250. The number of anilines is 1. The molecule has 0 radical (unpaired) electrons. The standard InChI is InChI=1S/C16H17BrFN/c1-11(2)12-5-3-7-14(9-12)19-10-13-6-4-8-15(18)16(13)17/h3-9,11,19H,10H2,1-2H3.